The van der Waals surface area contributed by atoms with E-state index < -0.39 is 38.3 Å². The van der Waals surface area contributed by atoms with E-state index >= 15 is 0 Å². The Morgan fingerprint density at radius 1 is 1.29 bits per heavy atom. The van der Waals surface area contributed by atoms with Gasteiger partial charge in [0, 0.05) is 5.75 Å². The zero-order chi connectivity index (χ0) is 20.3. The van der Waals surface area contributed by atoms with Gasteiger partial charge in [0.15, 0.2) is 22.8 Å². The smallest absolute Gasteiger partial charge is 0.424 e. The van der Waals surface area contributed by atoms with Crippen molar-refractivity contribution in [2.24, 2.45) is 0 Å². The first-order valence-corrected chi connectivity index (χ1v) is 9.69. The molecule has 2 aromatic heterocycles. The molecule has 3 heterocycles. The predicted octanol–water partition coefficient (Wildman–Crippen LogP) is -1.54. The highest BCUT2D eigenvalue weighted by Crippen LogP contribution is 2.32. The quantitative estimate of drug-likeness (QED) is 0.128. The molecule has 4 unspecified atom stereocenters. The number of allylic oxidation sites excluding steroid dienone is 1. The molecule has 3 rings (SSSR count). The molecular formula is C15H22BN5O6S. The molecule has 0 aliphatic carbocycles. The maximum atomic E-state index is 10.2. The number of rotatable bonds is 8. The van der Waals surface area contributed by atoms with E-state index in [9.17, 15) is 15.3 Å². The van der Waals surface area contributed by atoms with Gasteiger partial charge in [0.1, 0.15) is 23.8 Å². The average Bonchev–Trinajstić information content (AvgIpc) is 3.20. The van der Waals surface area contributed by atoms with Crippen LogP contribution < -0.4 is 5.73 Å². The molecule has 13 heteroatoms. The summed E-state index contributed by atoms with van der Waals surface area (Å²) < 4.78 is 6.99. The number of nitrogens with two attached hydrogens (primary N) is 1. The van der Waals surface area contributed by atoms with Crippen LogP contribution in [0.5, 0.6) is 0 Å². The minimum Gasteiger partial charge on any atom is -0.424 e. The minimum absolute atomic E-state index is 0.182. The number of nitrogens with zero attached hydrogens (tertiary/aromatic N) is 4. The molecule has 1 saturated heterocycles. The number of hydrogen-bond acceptors (Lipinski definition) is 11. The number of aromatic nitrogens is 4. The molecule has 0 saturated carbocycles. The maximum absolute atomic E-state index is 10.2. The van der Waals surface area contributed by atoms with E-state index in [2.05, 4.69) is 15.0 Å². The van der Waals surface area contributed by atoms with Crippen molar-refractivity contribution in [3.8, 4) is 0 Å². The van der Waals surface area contributed by atoms with E-state index in [0.717, 1.165) is 6.42 Å². The van der Waals surface area contributed by atoms with Gasteiger partial charge in [-0.1, -0.05) is 23.8 Å². The first-order chi connectivity index (χ1) is 13.4. The van der Waals surface area contributed by atoms with Gasteiger partial charge in [0.05, 0.1) is 12.9 Å². The summed E-state index contributed by atoms with van der Waals surface area (Å²) >= 11 is 1.37. The lowest BCUT2D eigenvalue weighted by Crippen LogP contribution is -2.33. The van der Waals surface area contributed by atoms with Gasteiger partial charge in [-0.3, -0.25) is 4.57 Å². The number of thioether (sulfide) groups is 1. The Balaban J connectivity index is 1.74. The molecule has 1 aliphatic heterocycles. The van der Waals surface area contributed by atoms with Crippen LogP contribution in [-0.4, -0.2) is 82.7 Å². The van der Waals surface area contributed by atoms with Gasteiger partial charge in [0.2, 0.25) is 0 Å². The van der Waals surface area contributed by atoms with Crippen LogP contribution in [0.3, 0.4) is 0 Å². The zero-order valence-electron chi connectivity index (χ0n) is 14.9. The van der Waals surface area contributed by atoms with Gasteiger partial charge in [-0.05, 0) is 12.8 Å². The van der Waals surface area contributed by atoms with Crippen molar-refractivity contribution in [3.05, 3.63) is 18.4 Å². The summed E-state index contributed by atoms with van der Waals surface area (Å²) in [5, 5.41) is 47.4. The van der Waals surface area contributed by atoms with Crippen molar-refractivity contribution in [2.45, 2.75) is 42.5 Å². The Morgan fingerprint density at radius 3 is 2.75 bits per heavy atom. The summed E-state index contributed by atoms with van der Waals surface area (Å²) in [4.78, 5) is 12.8. The Labute approximate surface area is 165 Å². The molecule has 0 bridgehead atoms. The topological polar surface area (TPSA) is 180 Å². The number of ether oxygens (including phenoxy) is 1. The van der Waals surface area contributed by atoms with E-state index in [0.29, 0.717) is 28.5 Å². The van der Waals surface area contributed by atoms with Crippen molar-refractivity contribution in [3.63, 3.8) is 0 Å². The van der Waals surface area contributed by atoms with Gasteiger partial charge in [-0.2, -0.15) is 0 Å². The Morgan fingerprint density at radius 2 is 2.07 bits per heavy atom. The number of unbranched alkanes of at least 4 members (excludes halogenated alkanes) is 1. The molecular weight excluding hydrogens is 389 g/mol. The van der Waals surface area contributed by atoms with Crippen LogP contribution in [0.2, 0.25) is 0 Å². The first kappa shape index (κ1) is 21.0. The molecule has 4 atom stereocenters. The van der Waals surface area contributed by atoms with E-state index in [-0.39, 0.29) is 5.82 Å². The number of aliphatic hydroxyl groups is 3. The second-order valence-corrected chi connectivity index (χ2v) is 7.34. The van der Waals surface area contributed by atoms with E-state index in [4.69, 9.17) is 20.5 Å². The third-order valence-corrected chi connectivity index (χ3v) is 5.21. The number of anilines is 1. The van der Waals surface area contributed by atoms with Crippen LogP contribution in [0.25, 0.3) is 11.2 Å². The number of fused-ring (bicyclic) bond motifs is 1. The molecule has 7 N–H and O–H groups in total. The van der Waals surface area contributed by atoms with Crippen LogP contribution in [-0.2, 0) is 4.74 Å². The van der Waals surface area contributed by atoms with E-state index in [1.807, 2.05) is 0 Å². The summed E-state index contributed by atoms with van der Waals surface area (Å²) in [7, 11) is -1.45. The summed E-state index contributed by atoms with van der Waals surface area (Å²) in [5.41, 5.74) is 6.67. The molecule has 11 nitrogen and oxygen atoms in total. The molecule has 0 amide bonds. The lowest BCUT2D eigenvalue weighted by atomic mass is 9.91. The minimum atomic E-state index is -1.45. The fraction of sp³-hybridized carbons (Fsp3) is 0.533. The van der Waals surface area contributed by atoms with Crippen molar-refractivity contribution < 1.29 is 30.1 Å². The lowest BCUT2D eigenvalue weighted by Gasteiger charge is -2.16. The van der Waals surface area contributed by atoms with E-state index in [1.54, 1.807) is 6.08 Å². The third-order valence-electron chi connectivity index (χ3n) is 4.27. The molecule has 1 fully saturated rings. The molecule has 0 aromatic carbocycles. The molecule has 2 aromatic rings. The fourth-order valence-electron chi connectivity index (χ4n) is 2.86. The fourth-order valence-corrected chi connectivity index (χ4v) is 3.67. The van der Waals surface area contributed by atoms with Crippen LogP contribution in [0.4, 0.5) is 5.82 Å². The highest BCUT2D eigenvalue weighted by atomic mass is 32.2. The Bertz CT molecular complexity index is 837. The average molecular weight is 411 g/mol. The second kappa shape index (κ2) is 9.18. The Kier molecular flexibility index (Phi) is 6.88. The maximum Gasteiger partial charge on any atom is 0.480 e. The summed E-state index contributed by atoms with van der Waals surface area (Å²) in [6.45, 7) is -0.429. The predicted molar refractivity (Wildman–Crippen MR) is 102 cm³/mol. The standard InChI is InChI=1S/C15H22BN5O6S/c17-12-9-13(20-15(19-12)28-5-3-1-2-4-16(25)26)21(7-18-9)14-11(24)10(23)8(6-22)27-14/h2,4,7-8,10-11,14,22-26H,1,3,5-6H2,(H2,17,19,20). The first-order valence-electron chi connectivity index (χ1n) is 8.70. The molecule has 0 spiro atoms. The number of nitrogen functional groups attached to an aromatic ring is 1. The Hall–Kier alpha value is -1.74. The highest BCUT2D eigenvalue weighted by molar-refractivity contribution is 7.99. The molecule has 152 valence electrons. The third kappa shape index (κ3) is 4.46. The number of aliphatic hydroxyl groups excluding tert-OH is 3. The van der Waals surface area contributed by atoms with Crippen LogP contribution >= 0.6 is 11.8 Å². The van der Waals surface area contributed by atoms with Gasteiger partial charge >= 0.3 is 7.12 Å². The molecule has 1 aliphatic rings. The van der Waals surface area contributed by atoms with Crippen molar-refractivity contribution in [1.82, 2.24) is 19.5 Å². The normalized spacial score (nSPS) is 25.2. The SMILES string of the molecule is Nc1nc(SCCCC=CB(O)O)nc2c1ncn2C1OC(CO)C(O)C1O. The van der Waals surface area contributed by atoms with Crippen molar-refractivity contribution in [1.29, 1.82) is 0 Å². The van der Waals surface area contributed by atoms with Gasteiger partial charge in [0.25, 0.3) is 0 Å². The number of imidazole rings is 1. The van der Waals surface area contributed by atoms with E-state index in [1.165, 1.54) is 28.6 Å². The van der Waals surface area contributed by atoms with Crippen molar-refractivity contribution >= 4 is 35.9 Å². The monoisotopic (exact) mass is 411 g/mol. The van der Waals surface area contributed by atoms with Gasteiger partial charge < -0.3 is 35.8 Å². The summed E-state index contributed by atoms with van der Waals surface area (Å²) in [5.74, 6) is 2.16. The second-order valence-electron chi connectivity index (χ2n) is 6.28. The van der Waals surface area contributed by atoms with Crippen LogP contribution in [0.1, 0.15) is 19.1 Å². The van der Waals surface area contributed by atoms with Crippen molar-refractivity contribution in [2.75, 3.05) is 18.1 Å². The summed E-state index contributed by atoms with van der Waals surface area (Å²) in [6, 6.07) is 0. The molecule has 0 radical (unpaired) electrons. The zero-order valence-corrected chi connectivity index (χ0v) is 15.7. The largest absolute Gasteiger partial charge is 0.480 e. The summed E-state index contributed by atoms with van der Waals surface area (Å²) in [6.07, 6.45) is 0.166. The van der Waals surface area contributed by atoms with Crippen LogP contribution in [0, 0.1) is 0 Å². The van der Waals surface area contributed by atoms with Gasteiger partial charge in [-0.15, -0.1) is 0 Å². The van der Waals surface area contributed by atoms with Gasteiger partial charge in [-0.25, -0.2) is 15.0 Å². The highest BCUT2D eigenvalue weighted by Gasteiger charge is 2.44. The lowest BCUT2D eigenvalue weighted by molar-refractivity contribution is -0.0511. The molecule has 28 heavy (non-hydrogen) atoms. The van der Waals surface area contributed by atoms with Crippen LogP contribution in [0.15, 0.2) is 23.5 Å². The number of hydrogen-bond donors (Lipinski definition) is 6.